The largest absolute Gasteiger partial charge is 0.508 e. The van der Waals surface area contributed by atoms with E-state index < -0.39 is 0 Å². The SMILES string of the molecule is Nc1ncc(/C=C2\Oc3cc(O)ccc3C2=O)cn1. The molecule has 3 rings (SSSR count). The first-order valence-electron chi connectivity index (χ1n) is 5.48. The van der Waals surface area contributed by atoms with E-state index >= 15 is 0 Å². The van der Waals surface area contributed by atoms with Crippen LogP contribution >= 0.6 is 0 Å². The van der Waals surface area contributed by atoms with Gasteiger partial charge in [-0.15, -0.1) is 0 Å². The van der Waals surface area contributed by atoms with Gasteiger partial charge in [0.25, 0.3) is 0 Å². The van der Waals surface area contributed by atoms with Gasteiger partial charge in [0.1, 0.15) is 11.5 Å². The van der Waals surface area contributed by atoms with Crippen molar-refractivity contribution in [1.29, 1.82) is 0 Å². The predicted molar refractivity (Wildman–Crippen MR) is 67.5 cm³/mol. The van der Waals surface area contributed by atoms with Gasteiger partial charge in [-0.1, -0.05) is 0 Å². The normalized spacial score (nSPS) is 15.4. The molecule has 1 aromatic heterocycles. The fraction of sp³-hybridized carbons (Fsp3) is 0. The van der Waals surface area contributed by atoms with E-state index in [9.17, 15) is 9.90 Å². The number of aromatic nitrogens is 2. The number of carbonyl (C=O) groups excluding carboxylic acids is 1. The summed E-state index contributed by atoms with van der Waals surface area (Å²) in [6.45, 7) is 0. The number of nitrogens with zero attached hydrogens (tertiary/aromatic N) is 2. The van der Waals surface area contributed by atoms with Gasteiger partial charge < -0.3 is 15.6 Å². The molecule has 1 aliphatic rings. The number of aromatic hydroxyl groups is 1. The van der Waals surface area contributed by atoms with Crippen LogP contribution in [0.3, 0.4) is 0 Å². The first kappa shape index (κ1) is 11.2. The third-order valence-corrected chi connectivity index (χ3v) is 2.64. The van der Waals surface area contributed by atoms with E-state index in [-0.39, 0.29) is 23.2 Å². The summed E-state index contributed by atoms with van der Waals surface area (Å²) in [6.07, 6.45) is 4.51. The minimum Gasteiger partial charge on any atom is -0.508 e. The molecular formula is C13H9N3O3. The van der Waals surface area contributed by atoms with Crippen molar-refractivity contribution in [3.8, 4) is 11.5 Å². The number of nitrogens with two attached hydrogens (primary N) is 1. The van der Waals surface area contributed by atoms with Gasteiger partial charge >= 0.3 is 0 Å². The van der Waals surface area contributed by atoms with Crippen molar-refractivity contribution in [2.45, 2.75) is 0 Å². The Morgan fingerprint density at radius 3 is 2.74 bits per heavy atom. The molecule has 6 heteroatoms. The highest BCUT2D eigenvalue weighted by Gasteiger charge is 2.27. The number of Topliss-reactive ketones (excluding diaryl/α,β-unsaturated/α-hetero) is 1. The van der Waals surface area contributed by atoms with E-state index in [0.29, 0.717) is 16.9 Å². The number of carbonyl (C=O) groups is 1. The van der Waals surface area contributed by atoms with Gasteiger partial charge in [-0.25, -0.2) is 9.97 Å². The molecule has 0 bridgehead atoms. The number of benzene rings is 1. The number of hydrogen-bond donors (Lipinski definition) is 2. The molecule has 94 valence electrons. The van der Waals surface area contributed by atoms with E-state index in [1.165, 1.54) is 36.7 Å². The Kier molecular flexibility index (Phi) is 2.42. The van der Waals surface area contributed by atoms with Crippen molar-refractivity contribution in [2.24, 2.45) is 0 Å². The van der Waals surface area contributed by atoms with Crippen LogP contribution < -0.4 is 10.5 Å². The fourth-order valence-corrected chi connectivity index (χ4v) is 1.75. The number of phenols is 1. The molecule has 1 aliphatic heterocycles. The molecule has 0 atom stereocenters. The summed E-state index contributed by atoms with van der Waals surface area (Å²) in [5, 5.41) is 9.34. The van der Waals surface area contributed by atoms with Crippen molar-refractivity contribution in [1.82, 2.24) is 9.97 Å². The van der Waals surface area contributed by atoms with Gasteiger partial charge in [0.15, 0.2) is 5.76 Å². The number of nitrogen functional groups attached to an aromatic ring is 1. The van der Waals surface area contributed by atoms with Crippen LogP contribution in [0.5, 0.6) is 11.5 Å². The maximum absolute atomic E-state index is 12.0. The Bertz CT molecular complexity index is 693. The second kappa shape index (κ2) is 4.09. The highest BCUT2D eigenvalue weighted by Crippen LogP contribution is 2.34. The van der Waals surface area contributed by atoms with Crippen LogP contribution in [-0.2, 0) is 0 Å². The van der Waals surface area contributed by atoms with Crippen LogP contribution in [-0.4, -0.2) is 20.9 Å². The number of ether oxygens (including phenoxy) is 1. The van der Waals surface area contributed by atoms with E-state index in [0.717, 1.165) is 0 Å². The van der Waals surface area contributed by atoms with Crippen LogP contribution in [0.4, 0.5) is 5.95 Å². The van der Waals surface area contributed by atoms with Crippen molar-refractivity contribution in [3.05, 3.63) is 47.5 Å². The zero-order chi connectivity index (χ0) is 13.4. The summed E-state index contributed by atoms with van der Waals surface area (Å²) >= 11 is 0. The molecule has 0 aliphatic carbocycles. The quantitative estimate of drug-likeness (QED) is 0.747. The molecule has 0 radical (unpaired) electrons. The molecule has 3 N–H and O–H groups in total. The fourth-order valence-electron chi connectivity index (χ4n) is 1.75. The summed E-state index contributed by atoms with van der Waals surface area (Å²) in [5.41, 5.74) is 6.40. The summed E-state index contributed by atoms with van der Waals surface area (Å²) < 4.78 is 5.40. The van der Waals surface area contributed by atoms with Crippen molar-refractivity contribution >= 4 is 17.8 Å². The maximum Gasteiger partial charge on any atom is 0.231 e. The molecule has 19 heavy (non-hydrogen) atoms. The van der Waals surface area contributed by atoms with Crippen LogP contribution in [0.2, 0.25) is 0 Å². The van der Waals surface area contributed by atoms with Gasteiger partial charge in [0.05, 0.1) is 5.56 Å². The van der Waals surface area contributed by atoms with Gasteiger partial charge in [0.2, 0.25) is 11.7 Å². The van der Waals surface area contributed by atoms with E-state index in [1.807, 2.05) is 0 Å². The molecule has 6 nitrogen and oxygen atoms in total. The maximum atomic E-state index is 12.0. The Morgan fingerprint density at radius 2 is 2.00 bits per heavy atom. The molecule has 0 saturated heterocycles. The monoisotopic (exact) mass is 255 g/mol. The lowest BCUT2D eigenvalue weighted by Gasteiger charge is -1.98. The smallest absolute Gasteiger partial charge is 0.231 e. The minimum atomic E-state index is -0.244. The van der Waals surface area contributed by atoms with Crippen LogP contribution in [0, 0.1) is 0 Å². The lowest BCUT2D eigenvalue weighted by molar-refractivity contribution is 0.101. The zero-order valence-electron chi connectivity index (χ0n) is 9.70. The van der Waals surface area contributed by atoms with Gasteiger partial charge in [-0.05, 0) is 18.2 Å². The predicted octanol–water partition coefficient (Wildman–Crippen LogP) is 1.38. The Hall–Kier alpha value is -2.89. The lowest BCUT2D eigenvalue weighted by atomic mass is 10.1. The minimum absolute atomic E-state index is 0.0450. The summed E-state index contributed by atoms with van der Waals surface area (Å²) in [7, 11) is 0. The third-order valence-electron chi connectivity index (χ3n) is 2.64. The van der Waals surface area contributed by atoms with Crippen LogP contribution in [0.1, 0.15) is 15.9 Å². The summed E-state index contributed by atoms with van der Waals surface area (Å²) in [6, 6.07) is 4.36. The van der Waals surface area contributed by atoms with Crippen LogP contribution in [0.15, 0.2) is 36.4 Å². The van der Waals surface area contributed by atoms with Crippen molar-refractivity contribution < 1.29 is 14.6 Å². The lowest BCUT2D eigenvalue weighted by Crippen LogP contribution is -1.99. The third kappa shape index (κ3) is 1.99. The number of anilines is 1. The van der Waals surface area contributed by atoms with E-state index in [2.05, 4.69) is 9.97 Å². The van der Waals surface area contributed by atoms with E-state index in [4.69, 9.17) is 10.5 Å². The number of fused-ring (bicyclic) bond motifs is 1. The summed E-state index contributed by atoms with van der Waals surface area (Å²) in [5.74, 6) is 0.464. The van der Waals surface area contributed by atoms with Crippen molar-refractivity contribution in [2.75, 3.05) is 5.73 Å². The molecule has 0 amide bonds. The second-order valence-electron chi connectivity index (χ2n) is 3.99. The standard InChI is InChI=1S/C13H9N3O3/c14-13-15-5-7(6-16-13)3-11-12(18)9-2-1-8(17)4-10(9)19-11/h1-6,17H,(H2,14,15,16)/b11-3-. The van der Waals surface area contributed by atoms with Gasteiger partial charge in [-0.3, -0.25) is 4.79 Å². The average Bonchev–Trinajstić information content (AvgIpc) is 2.68. The Morgan fingerprint density at radius 1 is 1.26 bits per heavy atom. The number of allylic oxidation sites excluding steroid dienone is 1. The number of rotatable bonds is 1. The number of ketones is 1. The first-order chi connectivity index (χ1) is 9.13. The molecule has 0 fully saturated rings. The topological polar surface area (TPSA) is 98.3 Å². The Labute approximate surface area is 108 Å². The highest BCUT2D eigenvalue weighted by molar-refractivity contribution is 6.14. The van der Waals surface area contributed by atoms with Crippen LogP contribution in [0.25, 0.3) is 6.08 Å². The molecule has 0 spiro atoms. The molecule has 0 unspecified atom stereocenters. The van der Waals surface area contributed by atoms with Gasteiger partial charge in [0, 0.05) is 24.0 Å². The molecule has 1 aromatic carbocycles. The average molecular weight is 255 g/mol. The second-order valence-corrected chi connectivity index (χ2v) is 3.99. The number of hydrogen-bond acceptors (Lipinski definition) is 6. The van der Waals surface area contributed by atoms with Gasteiger partial charge in [-0.2, -0.15) is 0 Å². The molecule has 0 saturated carbocycles. The zero-order valence-corrected chi connectivity index (χ0v) is 9.70. The van der Waals surface area contributed by atoms with E-state index in [1.54, 1.807) is 0 Å². The van der Waals surface area contributed by atoms with Crippen molar-refractivity contribution in [3.63, 3.8) is 0 Å². The molecule has 2 aromatic rings. The molecule has 2 heterocycles. The first-order valence-corrected chi connectivity index (χ1v) is 5.48. The summed E-state index contributed by atoms with van der Waals surface area (Å²) in [4.78, 5) is 19.7. The number of phenolic OH excluding ortho intramolecular Hbond substituents is 1. The highest BCUT2D eigenvalue weighted by atomic mass is 16.5. The Balaban J connectivity index is 1.97. The molecular weight excluding hydrogens is 246 g/mol.